The molecule has 0 saturated heterocycles. The summed E-state index contributed by atoms with van der Waals surface area (Å²) in [4.78, 5) is 13.4. The Morgan fingerprint density at radius 3 is 2.25 bits per heavy atom. The van der Waals surface area contributed by atoms with Gasteiger partial charge in [-0.25, -0.2) is 9.07 Å². The van der Waals surface area contributed by atoms with Crippen molar-refractivity contribution in [3.8, 4) is 0 Å². The van der Waals surface area contributed by atoms with Gasteiger partial charge >= 0.3 is 0 Å². The minimum Gasteiger partial charge on any atom is -0.336 e. The van der Waals surface area contributed by atoms with Crippen LogP contribution in [-0.2, 0) is 6.42 Å². The second kappa shape index (κ2) is 9.36. The smallest absolute Gasteiger partial charge is 0.210 e. The number of aromatic nitrogens is 3. The summed E-state index contributed by atoms with van der Waals surface area (Å²) in [7, 11) is 0. The first-order chi connectivity index (χ1) is 15.4. The zero-order valence-electron chi connectivity index (χ0n) is 17.8. The Bertz CT molecular complexity index is 1240. The Morgan fingerprint density at radius 2 is 1.59 bits per heavy atom. The monoisotopic (exact) mass is 446 g/mol. The largest absolute Gasteiger partial charge is 0.336 e. The van der Waals surface area contributed by atoms with E-state index in [0.717, 1.165) is 16.7 Å². The molecular weight excluding hydrogens is 423 g/mol. The van der Waals surface area contributed by atoms with Gasteiger partial charge in [-0.15, -0.1) is 10.2 Å². The molecule has 0 radical (unpaired) electrons. The molecule has 32 heavy (non-hydrogen) atoms. The van der Waals surface area contributed by atoms with Crippen LogP contribution in [0.2, 0.25) is 0 Å². The summed E-state index contributed by atoms with van der Waals surface area (Å²) in [6.07, 6.45) is 0.206. The number of nitrogen functional groups attached to an aromatic ring is 1. The van der Waals surface area contributed by atoms with Gasteiger partial charge in [0.05, 0.1) is 0 Å². The third-order valence-electron chi connectivity index (χ3n) is 5.22. The van der Waals surface area contributed by atoms with E-state index in [1.165, 1.54) is 22.5 Å². The topological polar surface area (TPSA) is 73.8 Å². The van der Waals surface area contributed by atoms with Crippen LogP contribution in [0.5, 0.6) is 0 Å². The van der Waals surface area contributed by atoms with Crippen LogP contribution in [0.4, 0.5) is 4.39 Å². The number of Topliss-reactive ketones (excluding diaryl/α,β-unsaturated/α-hetero) is 1. The maximum atomic E-state index is 14.1. The predicted molar refractivity (Wildman–Crippen MR) is 125 cm³/mol. The molecule has 5 nitrogen and oxygen atoms in total. The summed E-state index contributed by atoms with van der Waals surface area (Å²) >= 11 is 1.24. The maximum absolute atomic E-state index is 14.1. The minimum absolute atomic E-state index is 0.0440. The first-order valence-corrected chi connectivity index (χ1v) is 11.1. The highest BCUT2D eigenvalue weighted by atomic mass is 32.2. The van der Waals surface area contributed by atoms with Gasteiger partial charge in [0.25, 0.3) is 0 Å². The molecule has 0 saturated carbocycles. The predicted octanol–water partition coefficient (Wildman–Crippen LogP) is 5.05. The number of nitrogens with two attached hydrogens (primary N) is 1. The molecule has 0 aliphatic rings. The molecule has 1 aromatic heterocycles. The summed E-state index contributed by atoms with van der Waals surface area (Å²) in [5, 5.41) is 8.18. The van der Waals surface area contributed by atoms with Crippen molar-refractivity contribution >= 4 is 17.5 Å². The number of thioether (sulfide) groups is 1. The van der Waals surface area contributed by atoms with Crippen LogP contribution in [0, 0.1) is 19.7 Å². The number of carbonyl (C=O) groups is 1. The number of halogens is 1. The molecule has 1 unspecified atom stereocenters. The van der Waals surface area contributed by atoms with E-state index < -0.39 is 5.25 Å². The summed E-state index contributed by atoms with van der Waals surface area (Å²) in [5.74, 6) is 6.30. The van der Waals surface area contributed by atoms with E-state index in [1.807, 2.05) is 62.4 Å². The summed E-state index contributed by atoms with van der Waals surface area (Å²) < 4.78 is 15.4. The summed E-state index contributed by atoms with van der Waals surface area (Å²) in [6, 6.07) is 21.8. The number of hydrogen-bond acceptors (Lipinski definition) is 5. The zero-order valence-corrected chi connectivity index (χ0v) is 18.6. The van der Waals surface area contributed by atoms with Crippen molar-refractivity contribution in [2.24, 2.45) is 0 Å². The van der Waals surface area contributed by atoms with Gasteiger partial charge < -0.3 is 5.84 Å². The average molecular weight is 447 g/mol. The van der Waals surface area contributed by atoms with Gasteiger partial charge in [-0.1, -0.05) is 89.6 Å². The SMILES string of the molecule is Cc1ccc(C(=O)C(Sc2nnc(Cc3ccccc3F)n2N)c2ccc(C)cc2)cc1. The van der Waals surface area contributed by atoms with Crippen LogP contribution in [0.25, 0.3) is 0 Å². The lowest BCUT2D eigenvalue weighted by atomic mass is 10.0. The number of ketones is 1. The van der Waals surface area contributed by atoms with Crippen molar-refractivity contribution in [3.63, 3.8) is 0 Å². The zero-order chi connectivity index (χ0) is 22.7. The van der Waals surface area contributed by atoms with Crippen molar-refractivity contribution in [3.05, 3.63) is 112 Å². The second-order valence-electron chi connectivity index (χ2n) is 7.68. The van der Waals surface area contributed by atoms with Crippen LogP contribution in [0.3, 0.4) is 0 Å². The molecule has 1 atom stereocenters. The second-order valence-corrected chi connectivity index (χ2v) is 8.75. The Morgan fingerprint density at radius 1 is 0.969 bits per heavy atom. The van der Waals surface area contributed by atoms with Crippen LogP contribution in [0.15, 0.2) is 78.0 Å². The van der Waals surface area contributed by atoms with E-state index in [0.29, 0.717) is 22.1 Å². The molecule has 0 bridgehead atoms. The average Bonchev–Trinajstić information content (AvgIpc) is 3.13. The first-order valence-electron chi connectivity index (χ1n) is 10.2. The molecule has 2 N–H and O–H groups in total. The normalized spacial score (nSPS) is 12.0. The van der Waals surface area contributed by atoms with Crippen LogP contribution < -0.4 is 5.84 Å². The fourth-order valence-corrected chi connectivity index (χ4v) is 4.36. The van der Waals surface area contributed by atoms with Gasteiger partial charge in [0.15, 0.2) is 11.6 Å². The van der Waals surface area contributed by atoms with E-state index in [9.17, 15) is 9.18 Å². The lowest BCUT2D eigenvalue weighted by Crippen LogP contribution is -2.17. The molecule has 1 heterocycles. The van der Waals surface area contributed by atoms with Crippen molar-refractivity contribution in [1.29, 1.82) is 0 Å². The van der Waals surface area contributed by atoms with Crippen molar-refractivity contribution < 1.29 is 9.18 Å². The molecular formula is C25H23FN4OS. The molecule has 0 amide bonds. The Labute approximate surface area is 190 Å². The summed E-state index contributed by atoms with van der Waals surface area (Å²) in [5.41, 5.74) is 4.14. The maximum Gasteiger partial charge on any atom is 0.210 e. The van der Waals surface area contributed by atoms with Gasteiger partial charge in [-0.3, -0.25) is 4.79 Å². The molecule has 162 valence electrons. The molecule has 4 aromatic rings. The fraction of sp³-hybridized carbons (Fsp3) is 0.160. The first kappa shape index (κ1) is 21.8. The number of hydrogen-bond donors (Lipinski definition) is 1. The Hall–Kier alpha value is -3.45. The highest BCUT2D eigenvalue weighted by Crippen LogP contribution is 2.37. The number of aryl methyl sites for hydroxylation is 2. The van der Waals surface area contributed by atoms with Crippen LogP contribution in [-0.4, -0.2) is 20.7 Å². The molecule has 3 aromatic carbocycles. The molecule has 0 spiro atoms. The van der Waals surface area contributed by atoms with E-state index in [2.05, 4.69) is 10.2 Å². The van der Waals surface area contributed by atoms with Crippen molar-refractivity contribution in [2.75, 3.05) is 5.84 Å². The third-order valence-corrected chi connectivity index (χ3v) is 6.43. The van der Waals surface area contributed by atoms with Crippen molar-refractivity contribution in [2.45, 2.75) is 30.7 Å². The Balaban J connectivity index is 1.65. The van der Waals surface area contributed by atoms with E-state index in [-0.39, 0.29) is 18.0 Å². The number of benzene rings is 3. The lowest BCUT2D eigenvalue weighted by molar-refractivity contribution is 0.0989. The fourth-order valence-electron chi connectivity index (χ4n) is 3.31. The molecule has 4 rings (SSSR count). The number of carbonyl (C=O) groups excluding carboxylic acids is 1. The van der Waals surface area contributed by atoms with Crippen LogP contribution >= 0.6 is 11.8 Å². The van der Waals surface area contributed by atoms with Crippen LogP contribution in [0.1, 0.15) is 43.7 Å². The minimum atomic E-state index is -0.550. The van der Waals surface area contributed by atoms with Crippen molar-refractivity contribution in [1.82, 2.24) is 14.9 Å². The quantitative estimate of drug-likeness (QED) is 0.244. The highest BCUT2D eigenvalue weighted by Gasteiger charge is 2.26. The van der Waals surface area contributed by atoms with Gasteiger partial charge in [0.1, 0.15) is 11.1 Å². The van der Waals surface area contributed by atoms with E-state index >= 15 is 0 Å². The van der Waals surface area contributed by atoms with Gasteiger partial charge in [-0.05, 0) is 31.0 Å². The van der Waals surface area contributed by atoms with E-state index in [1.54, 1.807) is 18.2 Å². The molecule has 0 aliphatic heterocycles. The number of rotatable bonds is 7. The van der Waals surface area contributed by atoms with Gasteiger partial charge in [0, 0.05) is 12.0 Å². The molecule has 0 aliphatic carbocycles. The molecule has 7 heteroatoms. The van der Waals surface area contributed by atoms with Gasteiger partial charge in [0.2, 0.25) is 5.16 Å². The standard InChI is InChI=1S/C25H23FN4OS/c1-16-7-11-18(12-8-16)23(31)24(19-13-9-17(2)10-14-19)32-25-29-28-22(30(25)27)15-20-5-3-4-6-21(20)26/h3-14,24H,15,27H2,1-2H3. The van der Waals surface area contributed by atoms with Gasteiger partial charge in [-0.2, -0.15) is 0 Å². The number of nitrogens with zero attached hydrogens (tertiary/aromatic N) is 3. The summed E-state index contributed by atoms with van der Waals surface area (Å²) in [6.45, 7) is 3.98. The lowest BCUT2D eigenvalue weighted by Gasteiger charge is -2.16. The third kappa shape index (κ3) is 4.73. The highest BCUT2D eigenvalue weighted by molar-refractivity contribution is 8.00. The van der Waals surface area contributed by atoms with E-state index in [4.69, 9.17) is 5.84 Å². The Kier molecular flexibility index (Phi) is 6.37. The molecule has 0 fully saturated rings.